The van der Waals surface area contributed by atoms with Crippen molar-refractivity contribution in [2.45, 2.75) is 6.10 Å². The van der Waals surface area contributed by atoms with Gasteiger partial charge in [0.2, 0.25) is 0 Å². The molecule has 0 saturated heterocycles. The van der Waals surface area contributed by atoms with Crippen molar-refractivity contribution in [2.24, 2.45) is 0 Å². The van der Waals surface area contributed by atoms with E-state index in [1.807, 2.05) is 53.9 Å². The number of amidine groups is 1. The number of halogens is 1. The fourth-order valence-electron chi connectivity index (χ4n) is 3.55. The average molecular weight is 484 g/mol. The highest BCUT2D eigenvalue weighted by Gasteiger charge is 2.33. The molecule has 0 saturated carbocycles. The number of aromatic nitrogens is 1. The summed E-state index contributed by atoms with van der Waals surface area (Å²) in [7, 11) is 0. The van der Waals surface area contributed by atoms with Gasteiger partial charge in [0.1, 0.15) is 23.2 Å². The van der Waals surface area contributed by atoms with Crippen LogP contribution in [0.15, 0.2) is 64.1 Å². The van der Waals surface area contributed by atoms with Crippen LogP contribution in [0.5, 0.6) is 11.5 Å². The Kier molecular flexibility index (Phi) is 4.96. The SMILES string of the molecule is N=C1C(c2nc(-c3ccc(Br)cc3)cs2)=C(O)CN1C[C@@H]1COc2ccccc2O1. The standard InChI is InChI=1S/C22H18BrN3O3S/c23-14-7-5-13(6-8-14)16-12-30-22(25-16)20-17(27)10-26(21(20)24)9-15-11-28-18-3-1-2-4-19(18)29-15/h1-8,12,15,24,27H,9-11H2/t15-/m1/s1. The lowest BCUT2D eigenvalue weighted by atomic mass is 10.2. The van der Waals surface area contributed by atoms with E-state index >= 15 is 0 Å². The Morgan fingerprint density at radius 3 is 2.73 bits per heavy atom. The summed E-state index contributed by atoms with van der Waals surface area (Å²) in [5.74, 6) is 1.85. The Morgan fingerprint density at radius 1 is 1.17 bits per heavy atom. The van der Waals surface area contributed by atoms with Crippen LogP contribution in [-0.4, -0.2) is 46.6 Å². The van der Waals surface area contributed by atoms with Crippen LogP contribution < -0.4 is 9.47 Å². The molecule has 6 nitrogen and oxygen atoms in total. The maximum Gasteiger partial charge on any atom is 0.161 e. The first-order valence-electron chi connectivity index (χ1n) is 9.45. The topological polar surface area (TPSA) is 78.7 Å². The normalized spacial score (nSPS) is 18.2. The van der Waals surface area contributed by atoms with Gasteiger partial charge < -0.3 is 19.5 Å². The van der Waals surface area contributed by atoms with Crippen LogP contribution in [0.4, 0.5) is 0 Å². The van der Waals surface area contributed by atoms with E-state index < -0.39 is 0 Å². The number of benzene rings is 2. The fourth-order valence-corrected chi connectivity index (χ4v) is 4.71. The molecule has 3 heterocycles. The lowest BCUT2D eigenvalue weighted by Gasteiger charge is -2.30. The Balaban J connectivity index is 1.31. The van der Waals surface area contributed by atoms with Gasteiger partial charge in [0.15, 0.2) is 17.6 Å². The van der Waals surface area contributed by atoms with Crippen LogP contribution in [0.3, 0.4) is 0 Å². The quantitative estimate of drug-likeness (QED) is 0.547. The molecular weight excluding hydrogens is 466 g/mol. The van der Waals surface area contributed by atoms with E-state index in [0.29, 0.717) is 29.5 Å². The molecule has 1 aromatic heterocycles. The molecule has 152 valence electrons. The number of ether oxygens (including phenoxy) is 2. The third-order valence-corrected chi connectivity index (χ3v) is 6.42. The van der Waals surface area contributed by atoms with E-state index in [1.165, 1.54) is 11.3 Å². The molecule has 0 fully saturated rings. The molecule has 30 heavy (non-hydrogen) atoms. The molecular formula is C22H18BrN3O3S. The number of aliphatic hydroxyl groups is 1. The molecule has 3 aromatic rings. The number of hydrogen-bond donors (Lipinski definition) is 2. The fraction of sp³-hybridized carbons (Fsp3) is 0.182. The summed E-state index contributed by atoms with van der Waals surface area (Å²) >= 11 is 4.87. The van der Waals surface area contributed by atoms with Gasteiger partial charge in [-0.2, -0.15) is 0 Å². The summed E-state index contributed by atoms with van der Waals surface area (Å²) in [4.78, 5) is 6.46. The van der Waals surface area contributed by atoms with Crippen molar-refractivity contribution < 1.29 is 14.6 Å². The van der Waals surface area contributed by atoms with Crippen molar-refractivity contribution in [3.05, 3.63) is 69.2 Å². The first kappa shape index (κ1) is 19.1. The first-order valence-corrected chi connectivity index (χ1v) is 11.1. The summed E-state index contributed by atoms with van der Waals surface area (Å²) in [6.45, 7) is 1.12. The van der Waals surface area contributed by atoms with Crippen LogP contribution >= 0.6 is 27.3 Å². The molecule has 0 radical (unpaired) electrons. The van der Waals surface area contributed by atoms with Crippen LogP contribution in [0.25, 0.3) is 16.8 Å². The number of rotatable bonds is 4. The maximum absolute atomic E-state index is 10.6. The predicted octanol–water partition coefficient (Wildman–Crippen LogP) is 4.97. The van der Waals surface area contributed by atoms with E-state index in [2.05, 4.69) is 20.9 Å². The van der Waals surface area contributed by atoms with Gasteiger partial charge in [-0.05, 0) is 24.3 Å². The predicted molar refractivity (Wildman–Crippen MR) is 120 cm³/mol. The largest absolute Gasteiger partial charge is 0.510 e. The van der Waals surface area contributed by atoms with Gasteiger partial charge >= 0.3 is 0 Å². The van der Waals surface area contributed by atoms with Gasteiger partial charge in [-0.25, -0.2) is 4.98 Å². The minimum absolute atomic E-state index is 0.161. The zero-order chi connectivity index (χ0) is 20.7. The van der Waals surface area contributed by atoms with Crippen LogP contribution in [0, 0.1) is 5.41 Å². The third-order valence-electron chi connectivity index (χ3n) is 5.03. The number of nitrogens with zero attached hydrogens (tertiary/aromatic N) is 2. The third kappa shape index (κ3) is 3.57. The van der Waals surface area contributed by atoms with E-state index in [4.69, 9.17) is 14.9 Å². The Morgan fingerprint density at radius 2 is 1.93 bits per heavy atom. The number of hydrogen-bond acceptors (Lipinski definition) is 6. The minimum atomic E-state index is -0.220. The summed E-state index contributed by atoms with van der Waals surface area (Å²) in [5, 5.41) is 21.8. The Hall–Kier alpha value is -2.84. The zero-order valence-corrected chi connectivity index (χ0v) is 18.2. The molecule has 0 unspecified atom stereocenters. The van der Waals surface area contributed by atoms with Gasteiger partial charge in [-0.15, -0.1) is 11.3 Å². The molecule has 2 aromatic carbocycles. The summed E-state index contributed by atoms with van der Waals surface area (Å²) < 4.78 is 12.8. The number of nitrogens with one attached hydrogen (secondary N) is 1. The molecule has 2 aliphatic rings. The summed E-state index contributed by atoms with van der Waals surface area (Å²) in [5.41, 5.74) is 2.31. The monoisotopic (exact) mass is 483 g/mol. The van der Waals surface area contributed by atoms with Crippen molar-refractivity contribution in [3.8, 4) is 22.8 Å². The van der Waals surface area contributed by atoms with E-state index in [9.17, 15) is 5.11 Å². The lowest BCUT2D eigenvalue weighted by molar-refractivity contribution is 0.0751. The second-order valence-corrected chi connectivity index (χ2v) is 8.87. The summed E-state index contributed by atoms with van der Waals surface area (Å²) in [6, 6.07) is 15.5. The highest BCUT2D eigenvalue weighted by Crippen LogP contribution is 2.34. The second kappa shape index (κ2) is 7.77. The summed E-state index contributed by atoms with van der Waals surface area (Å²) in [6.07, 6.45) is -0.220. The maximum atomic E-state index is 10.6. The van der Waals surface area contributed by atoms with E-state index in [0.717, 1.165) is 21.5 Å². The van der Waals surface area contributed by atoms with E-state index in [1.54, 1.807) is 4.90 Å². The first-order chi connectivity index (χ1) is 14.6. The molecule has 2 N–H and O–H groups in total. The Labute approximate surface area is 186 Å². The number of thiazole rings is 1. The van der Waals surface area contributed by atoms with Gasteiger partial charge in [0, 0.05) is 15.4 Å². The number of para-hydroxylation sites is 2. The molecule has 2 aliphatic heterocycles. The van der Waals surface area contributed by atoms with Crippen molar-refractivity contribution in [1.82, 2.24) is 9.88 Å². The van der Waals surface area contributed by atoms with Crippen molar-refractivity contribution >= 4 is 38.7 Å². The smallest absolute Gasteiger partial charge is 0.161 e. The van der Waals surface area contributed by atoms with Crippen molar-refractivity contribution in [3.63, 3.8) is 0 Å². The van der Waals surface area contributed by atoms with Gasteiger partial charge in [-0.3, -0.25) is 5.41 Å². The highest BCUT2D eigenvalue weighted by atomic mass is 79.9. The van der Waals surface area contributed by atoms with Crippen molar-refractivity contribution in [1.29, 1.82) is 5.41 Å². The van der Waals surface area contributed by atoms with Crippen molar-refractivity contribution in [2.75, 3.05) is 19.7 Å². The average Bonchev–Trinajstić information content (AvgIpc) is 3.33. The molecule has 1 atom stereocenters. The molecule has 0 aliphatic carbocycles. The number of fused-ring (bicyclic) bond motifs is 1. The second-order valence-electron chi connectivity index (χ2n) is 7.09. The van der Waals surface area contributed by atoms with Gasteiger partial charge in [0.25, 0.3) is 0 Å². The van der Waals surface area contributed by atoms with Crippen LogP contribution in [-0.2, 0) is 0 Å². The molecule has 0 bridgehead atoms. The number of aliphatic hydroxyl groups excluding tert-OH is 1. The van der Waals surface area contributed by atoms with Gasteiger partial charge in [-0.1, -0.05) is 40.2 Å². The van der Waals surface area contributed by atoms with Crippen LogP contribution in [0.2, 0.25) is 0 Å². The lowest BCUT2D eigenvalue weighted by Crippen LogP contribution is -2.42. The van der Waals surface area contributed by atoms with Gasteiger partial charge in [0.05, 0.1) is 24.4 Å². The molecule has 0 amide bonds. The molecule has 8 heteroatoms. The van der Waals surface area contributed by atoms with Crippen LogP contribution in [0.1, 0.15) is 5.01 Å². The molecule has 5 rings (SSSR count). The molecule has 0 spiro atoms. The van der Waals surface area contributed by atoms with E-state index in [-0.39, 0.29) is 24.2 Å². The highest BCUT2D eigenvalue weighted by molar-refractivity contribution is 9.10. The zero-order valence-electron chi connectivity index (χ0n) is 15.8. The minimum Gasteiger partial charge on any atom is -0.510 e. The Bertz CT molecular complexity index is 1140.